The summed E-state index contributed by atoms with van der Waals surface area (Å²) in [6.45, 7) is 3.65. The molecule has 3 nitrogen and oxygen atoms in total. The number of rotatable bonds is 3. The van der Waals surface area contributed by atoms with Crippen LogP contribution in [0.15, 0.2) is 30.5 Å². The molecule has 2 aromatic rings. The Hall–Kier alpha value is -1.32. The Kier molecular flexibility index (Phi) is 2.74. The summed E-state index contributed by atoms with van der Waals surface area (Å²) in [4.78, 5) is 3.14. The van der Waals surface area contributed by atoms with Crippen molar-refractivity contribution in [1.29, 1.82) is 0 Å². The number of ether oxygens (including phenoxy) is 1. The molecule has 2 N–H and O–H groups in total. The van der Waals surface area contributed by atoms with Crippen LogP contribution in [0.2, 0.25) is 0 Å². The first kappa shape index (κ1) is 11.2. The number of aromatic amines is 1. The minimum absolute atomic E-state index is 0.256. The van der Waals surface area contributed by atoms with Gasteiger partial charge in [0.15, 0.2) is 0 Å². The molecule has 0 amide bonds. The van der Waals surface area contributed by atoms with Crippen LogP contribution in [0.3, 0.4) is 0 Å². The molecule has 1 aromatic heterocycles. The highest BCUT2D eigenvalue weighted by atomic mass is 16.5. The van der Waals surface area contributed by atoms with Crippen molar-refractivity contribution in [2.75, 3.05) is 7.11 Å². The molecule has 0 saturated carbocycles. The third kappa shape index (κ3) is 1.62. The molecule has 0 radical (unpaired) electrons. The maximum atomic E-state index is 10.5. The molecule has 0 aliphatic heterocycles. The Balaban J connectivity index is 2.58. The largest absolute Gasteiger partial charge is 0.383 e. The Labute approximate surface area is 95.1 Å². The fourth-order valence-corrected chi connectivity index (χ4v) is 1.98. The molecule has 2 atom stereocenters. The van der Waals surface area contributed by atoms with Crippen molar-refractivity contribution in [3.63, 3.8) is 0 Å². The number of H-pyrrole nitrogens is 1. The van der Waals surface area contributed by atoms with Gasteiger partial charge < -0.3 is 14.8 Å². The molecule has 0 fully saturated rings. The average molecular weight is 219 g/mol. The van der Waals surface area contributed by atoms with E-state index in [4.69, 9.17) is 4.74 Å². The maximum absolute atomic E-state index is 10.5. The Morgan fingerprint density at radius 2 is 2.12 bits per heavy atom. The lowest BCUT2D eigenvalue weighted by Crippen LogP contribution is -2.35. The van der Waals surface area contributed by atoms with Crippen LogP contribution in [0.25, 0.3) is 10.9 Å². The van der Waals surface area contributed by atoms with E-state index in [2.05, 4.69) is 4.98 Å². The van der Waals surface area contributed by atoms with Crippen LogP contribution < -0.4 is 0 Å². The molecule has 0 spiro atoms. The van der Waals surface area contributed by atoms with Crippen molar-refractivity contribution in [3.05, 3.63) is 36.0 Å². The summed E-state index contributed by atoms with van der Waals surface area (Å²) in [5, 5.41) is 11.6. The van der Waals surface area contributed by atoms with Crippen molar-refractivity contribution in [2.45, 2.75) is 25.6 Å². The van der Waals surface area contributed by atoms with Gasteiger partial charge >= 0.3 is 0 Å². The van der Waals surface area contributed by atoms with Gasteiger partial charge in [0.05, 0.1) is 6.10 Å². The van der Waals surface area contributed by atoms with E-state index < -0.39 is 5.60 Å². The highest BCUT2D eigenvalue weighted by Crippen LogP contribution is 2.31. The molecule has 86 valence electrons. The Morgan fingerprint density at radius 1 is 1.38 bits per heavy atom. The highest BCUT2D eigenvalue weighted by Gasteiger charge is 2.32. The highest BCUT2D eigenvalue weighted by molar-refractivity contribution is 5.83. The molecule has 2 unspecified atom stereocenters. The Morgan fingerprint density at radius 3 is 2.81 bits per heavy atom. The van der Waals surface area contributed by atoms with Gasteiger partial charge in [-0.05, 0) is 31.5 Å². The second kappa shape index (κ2) is 3.92. The molecule has 1 aromatic carbocycles. The van der Waals surface area contributed by atoms with E-state index in [9.17, 15) is 5.11 Å². The van der Waals surface area contributed by atoms with E-state index in [-0.39, 0.29) is 6.10 Å². The number of methoxy groups -OCH3 is 1. The molecule has 0 aliphatic carbocycles. The van der Waals surface area contributed by atoms with Crippen molar-refractivity contribution in [2.24, 2.45) is 0 Å². The molecular weight excluding hydrogens is 202 g/mol. The molecule has 16 heavy (non-hydrogen) atoms. The smallest absolute Gasteiger partial charge is 0.113 e. The zero-order chi connectivity index (χ0) is 11.8. The number of aliphatic hydroxyl groups is 1. The summed E-state index contributed by atoms with van der Waals surface area (Å²) in [5.41, 5.74) is 0.929. The van der Waals surface area contributed by atoms with Crippen LogP contribution in [0.5, 0.6) is 0 Å². The Bertz CT molecular complexity index is 487. The SMILES string of the molecule is COC(C)C(C)(O)c1cccc2[nH]ccc12. The number of aromatic nitrogens is 1. The van der Waals surface area contributed by atoms with Gasteiger partial charge in [-0.25, -0.2) is 0 Å². The molecule has 2 rings (SSSR count). The fourth-order valence-electron chi connectivity index (χ4n) is 1.98. The van der Waals surface area contributed by atoms with Crippen molar-refractivity contribution in [3.8, 4) is 0 Å². The maximum Gasteiger partial charge on any atom is 0.113 e. The van der Waals surface area contributed by atoms with Crippen LogP contribution in [0, 0.1) is 0 Å². The standard InChI is InChI=1S/C13H17NO2/c1-9(16-3)13(2,15)11-5-4-6-12-10(11)7-8-14-12/h4-9,14-15H,1-3H3. The zero-order valence-electron chi connectivity index (χ0n) is 9.82. The normalized spacial score (nSPS) is 17.2. The summed E-state index contributed by atoms with van der Waals surface area (Å²) < 4.78 is 5.23. The first-order valence-electron chi connectivity index (χ1n) is 5.39. The van der Waals surface area contributed by atoms with Crippen molar-refractivity contribution < 1.29 is 9.84 Å². The van der Waals surface area contributed by atoms with Crippen molar-refractivity contribution in [1.82, 2.24) is 4.98 Å². The van der Waals surface area contributed by atoms with Gasteiger partial charge in [-0.1, -0.05) is 12.1 Å². The van der Waals surface area contributed by atoms with E-state index >= 15 is 0 Å². The predicted octanol–water partition coefficient (Wildman–Crippen LogP) is 2.41. The number of fused-ring (bicyclic) bond motifs is 1. The second-order valence-electron chi connectivity index (χ2n) is 4.27. The molecule has 1 heterocycles. The second-order valence-corrected chi connectivity index (χ2v) is 4.27. The molecule has 0 bridgehead atoms. The van der Waals surface area contributed by atoms with Crippen LogP contribution >= 0.6 is 0 Å². The van der Waals surface area contributed by atoms with Gasteiger partial charge in [-0.2, -0.15) is 0 Å². The lowest BCUT2D eigenvalue weighted by Gasteiger charge is -2.30. The minimum Gasteiger partial charge on any atom is -0.383 e. The summed E-state index contributed by atoms with van der Waals surface area (Å²) in [6, 6.07) is 7.84. The summed E-state index contributed by atoms with van der Waals surface area (Å²) >= 11 is 0. The van der Waals surface area contributed by atoms with Crippen molar-refractivity contribution >= 4 is 10.9 Å². The minimum atomic E-state index is -0.990. The summed E-state index contributed by atoms with van der Waals surface area (Å²) in [5.74, 6) is 0. The molecular formula is C13H17NO2. The van der Waals surface area contributed by atoms with E-state index in [1.807, 2.05) is 37.4 Å². The first-order chi connectivity index (χ1) is 7.57. The van der Waals surface area contributed by atoms with Gasteiger partial charge in [0.2, 0.25) is 0 Å². The predicted molar refractivity (Wildman–Crippen MR) is 64.3 cm³/mol. The number of benzene rings is 1. The third-order valence-corrected chi connectivity index (χ3v) is 3.29. The summed E-state index contributed by atoms with van der Waals surface area (Å²) in [6.07, 6.45) is 1.62. The average Bonchev–Trinajstić information content (AvgIpc) is 2.75. The van der Waals surface area contributed by atoms with Crippen LogP contribution in [-0.4, -0.2) is 23.3 Å². The van der Waals surface area contributed by atoms with E-state index in [0.29, 0.717) is 0 Å². The zero-order valence-corrected chi connectivity index (χ0v) is 9.82. The fraction of sp³-hybridized carbons (Fsp3) is 0.385. The van der Waals surface area contributed by atoms with E-state index in [1.54, 1.807) is 14.0 Å². The quantitative estimate of drug-likeness (QED) is 0.832. The topological polar surface area (TPSA) is 45.2 Å². The molecule has 0 aliphatic rings. The number of hydrogen-bond donors (Lipinski definition) is 2. The van der Waals surface area contributed by atoms with Gasteiger partial charge in [-0.3, -0.25) is 0 Å². The van der Waals surface area contributed by atoms with E-state index in [0.717, 1.165) is 16.5 Å². The number of hydrogen-bond acceptors (Lipinski definition) is 2. The third-order valence-electron chi connectivity index (χ3n) is 3.29. The van der Waals surface area contributed by atoms with Gasteiger partial charge in [0, 0.05) is 24.2 Å². The van der Waals surface area contributed by atoms with Crippen LogP contribution in [0.4, 0.5) is 0 Å². The van der Waals surface area contributed by atoms with Gasteiger partial charge in [0.25, 0.3) is 0 Å². The van der Waals surface area contributed by atoms with Gasteiger partial charge in [0.1, 0.15) is 5.60 Å². The first-order valence-corrected chi connectivity index (χ1v) is 5.39. The lowest BCUT2D eigenvalue weighted by molar-refractivity contribution is -0.0762. The molecule has 0 saturated heterocycles. The lowest BCUT2D eigenvalue weighted by atomic mass is 9.88. The molecule has 3 heteroatoms. The van der Waals surface area contributed by atoms with Crippen LogP contribution in [0.1, 0.15) is 19.4 Å². The summed E-state index contributed by atoms with van der Waals surface area (Å²) in [7, 11) is 1.61. The van der Waals surface area contributed by atoms with Crippen LogP contribution in [-0.2, 0) is 10.3 Å². The van der Waals surface area contributed by atoms with Gasteiger partial charge in [-0.15, -0.1) is 0 Å². The van der Waals surface area contributed by atoms with E-state index in [1.165, 1.54) is 0 Å². The number of nitrogens with one attached hydrogen (secondary N) is 1. The monoisotopic (exact) mass is 219 g/mol.